The van der Waals surface area contributed by atoms with Crippen LogP contribution in [-0.2, 0) is 17.8 Å². The molecule has 3 nitrogen and oxygen atoms in total. The van der Waals surface area contributed by atoms with Crippen LogP contribution in [0.1, 0.15) is 43.2 Å². The van der Waals surface area contributed by atoms with Gasteiger partial charge in [-0.2, -0.15) is 0 Å². The molecule has 0 atom stereocenters. The zero-order valence-electron chi connectivity index (χ0n) is 12.2. The van der Waals surface area contributed by atoms with Crippen LogP contribution in [0.5, 0.6) is 5.75 Å². The first-order valence-electron chi connectivity index (χ1n) is 7.70. The summed E-state index contributed by atoms with van der Waals surface area (Å²) in [6.45, 7) is 1.61. The van der Waals surface area contributed by atoms with Crippen molar-refractivity contribution in [3.63, 3.8) is 0 Å². The van der Waals surface area contributed by atoms with Crippen molar-refractivity contribution in [2.45, 2.75) is 45.1 Å². The maximum absolute atomic E-state index is 12.4. The Bertz CT molecular complexity index is 492. The van der Waals surface area contributed by atoms with E-state index in [2.05, 4.69) is 12.1 Å². The molecule has 1 fully saturated rings. The van der Waals surface area contributed by atoms with Gasteiger partial charge in [0.2, 0.25) is 5.91 Å². The number of carbonyl (C=O) groups is 1. The Hall–Kier alpha value is -1.51. The van der Waals surface area contributed by atoms with Crippen LogP contribution in [0.2, 0.25) is 0 Å². The van der Waals surface area contributed by atoms with Crippen LogP contribution in [-0.4, -0.2) is 24.5 Å². The van der Waals surface area contributed by atoms with Crippen molar-refractivity contribution in [2.75, 3.05) is 13.7 Å². The van der Waals surface area contributed by atoms with E-state index in [0.29, 0.717) is 11.8 Å². The lowest BCUT2D eigenvalue weighted by molar-refractivity contribution is -0.133. The number of hydrogen-bond acceptors (Lipinski definition) is 2. The zero-order chi connectivity index (χ0) is 13.9. The molecule has 108 valence electrons. The fourth-order valence-corrected chi connectivity index (χ4v) is 3.46. The van der Waals surface area contributed by atoms with Crippen LogP contribution < -0.4 is 4.74 Å². The molecule has 0 N–H and O–H groups in total. The van der Waals surface area contributed by atoms with E-state index in [9.17, 15) is 4.79 Å². The molecule has 2 aliphatic rings. The number of nitrogens with zero attached hydrogens (tertiary/aromatic N) is 1. The first kappa shape index (κ1) is 13.5. The summed E-state index contributed by atoms with van der Waals surface area (Å²) in [7, 11) is 1.69. The Morgan fingerprint density at radius 1 is 1.30 bits per heavy atom. The summed E-state index contributed by atoms with van der Waals surface area (Å²) in [5.74, 6) is 1.86. The van der Waals surface area contributed by atoms with Crippen molar-refractivity contribution in [3.8, 4) is 5.75 Å². The predicted molar refractivity (Wildman–Crippen MR) is 78.7 cm³/mol. The highest BCUT2D eigenvalue weighted by Crippen LogP contribution is 2.29. The molecule has 3 rings (SSSR count). The van der Waals surface area contributed by atoms with Gasteiger partial charge in [-0.25, -0.2) is 0 Å². The van der Waals surface area contributed by atoms with Gasteiger partial charge in [0.05, 0.1) is 7.11 Å². The number of rotatable bonds is 3. The molecule has 20 heavy (non-hydrogen) atoms. The molecule has 0 radical (unpaired) electrons. The Morgan fingerprint density at radius 3 is 2.85 bits per heavy atom. The number of amides is 1. The van der Waals surface area contributed by atoms with E-state index in [4.69, 9.17) is 4.74 Å². The largest absolute Gasteiger partial charge is 0.497 e. The Labute approximate surface area is 120 Å². The standard InChI is InChI=1S/C17H23NO2/c1-20-16-7-6-14-8-9-18(12-15(14)11-16)17(19)10-13-4-2-3-5-13/h6-7,11,13H,2-5,8-10,12H2,1H3. The molecule has 3 heteroatoms. The molecule has 1 aliphatic carbocycles. The van der Waals surface area contributed by atoms with Crippen molar-refractivity contribution < 1.29 is 9.53 Å². The lowest BCUT2D eigenvalue weighted by atomic mass is 9.97. The molecular formula is C17H23NO2. The highest BCUT2D eigenvalue weighted by atomic mass is 16.5. The van der Waals surface area contributed by atoms with E-state index in [1.54, 1.807) is 7.11 Å². The van der Waals surface area contributed by atoms with Gasteiger partial charge >= 0.3 is 0 Å². The Kier molecular flexibility index (Phi) is 3.95. The molecular weight excluding hydrogens is 250 g/mol. The third kappa shape index (κ3) is 2.82. The van der Waals surface area contributed by atoms with Crippen LogP contribution in [0, 0.1) is 5.92 Å². The highest BCUT2D eigenvalue weighted by Gasteiger charge is 2.25. The van der Waals surface area contributed by atoms with Crippen molar-refractivity contribution in [1.82, 2.24) is 4.90 Å². The van der Waals surface area contributed by atoms with E-state index in [0.717, 1.165) is 31.7 Å². The number of ether oxygens (including phenoxy) is 1. The van der Waals surface area contributed by atoms with Gasteiger partial charge in [-0.05, 0) is 48.4 Å². The summed E-state index contributed by atoms with van der Waals surface area (Å²) >= 11 is 0. The molecule has 1 aromatic carbocycles. The SMILES string of the molecule is COc1ccc2c(c1)CN(C(=O)CC1CCCC1)CC2. The summed E-state index contributed by atoms with van der Waals surface area (Å²) in [4.78, 5) is 14.4. The van der Waals surface area contributed by atoms with Crippen LogP contribution in [0.3, 0.4) is 0 Å². The minimum absolute atomic E-state index is 0.338. The van der Waals surface area contributed by atoms with Crippen LogP contribution in [0.25, 0.3) is 0 Å². The zero-order valence-corrected chi connectivity index (χ0v) is 12.2. The Balaban J connectivity index is 1.66. The topological polar surface area (TPSA) is 29.5 Å². The number of fused-ring (bicyclic) bond motifs is 1. The van der Waals surface area contributed by atoms with Gasteiger partial charge in [0, 0.05) is 19.5 Å². The van der Waals surface area contributed by atoms with E-state index in [1.807, 2.05) is 11.0 Å². The summed E-state index contributed by atoms with van der Waals surface area (Å²) < 4.78 is 5.28. The first-order chi connectivity index (χ1) is 9.76. The lowest BCUT2D eigenvalue weighted by Gasteiger charge is -2.30. The summed E-state index contributed by atoms with van der Waals surface area (Å²) in [6, 6.07) is 6.21. The first-order valence-corrected chi connectivity index (χ1v) is 7.70. The van der Waals surface area contributed by atoms with E-state index in [-0.39, 0.29) is 0 Å². The summed E-state index contributed by atoms with van der Waals surface area (Å²) in [5.41, 5.74) is 2.60. The maximum atomic E-state index is 12.4. The Morgan fingerprint density at radius 2 is 2.10 bits per heavy atom. The van der Waals surface area contributed by atoms with Gasteiger partial charge in [0.15, 0.2) is 0 Å². The van der Waals surface area contributed by atoms with Gasteiger partial charge < -0.3 is 9.64 Å². The fourth-order valence-electron chi connectivity index (χ4n) is 3.46. The van der Waals surface area contributed by atoms with Crippen molar-refractivity contribution in [3.05, 3.63) is 29.3 Å². The number of hydrogen-bond donors (Lipinski definition) is 0. The normalized spacial score (nSPS) is 18.9. The van der Waals surface area contributed by atoms with Gasteiger partial charge in [-0.1, -0.05) is 18.9 Å². The molecule has 0 unspecified atom stereocenters. The summed E-state index contributed by atoms with van der Waals surface area (Å²) in [5, 5.41) is 0. The average molecular weight is 273 g/mol. The van der Waals surface area contributed by atoms with Crippen LogP contribution in [0.15, 0.2) is 18.2 Å². The third-order valence-electron chi connectivity index (χ3n) is 4.72. The second-order valence-electron chi connectivity index (χ2n) is 6.05. The molecule has 1 aromatic rings. The number of benzene rings is 1. The van der Waals surface area contributed by atoms with Crippen molar-refractivity contribution in [2.24, 2.45) is 5.92 Å². The van der Waals surface area contributed by atoms with Gasteiger partial charge in [0.1, 0.15) is 5.75 Å². The van der Waals surface area contributed by atoms with Crippen molar-refractivity contribution in [1.29, 1.82) is 0 Å². The molecule has 1 aliphatic heterocycles. The highest BCUT2D eigenvalue weighted by molar-refractivity contribution is 5.76. The second kappa shape index (κ2) is 5.86. The smallest absolute Gasteiger partial charge is 0.223 e. The molecule has 0 aromatic heterocycles. The van der Waals surface area contributed by atoms with Crippen LogP contribution >= 0.6 is 0 Å². The summed E-state index contributed by atoms with van der Waals surface area (Å²) in [6.07, 6.45) is 6.80. The van der Waals surface area contributed by atoms with E-state index >= 15 is 0 Å². The minimum atomic E-state index is 0.338. The molecule has 0 spiro atoms. The molecule has 1 saturated carbocycles. The van der Waals surface area contributed by atoms with Gasteiger partial charge in [-0.3, -0.25) is 4.79 Å². The van der Waals surface area contributed by atoms with Gasteiger partial charge in [-0.15, -0.1) is 0 Å². The monoisotopic (exact) mass is 273 g/mol. The third-order valence-corrected chi connectivity index (χ3v) is 4.72. The lowest BCUT2D eigenvalue weighted by Crippen LogP contribution is -2.36. The predicted octanol–water partition coefficient (Wildman–Crippen LogP) is 3.16. The maximum Gasteiger partial charge on any atom is 0.223 e. The molecule has 1 heterocycles. The molecule has 0 saturated heterocycles. The average Bonchev–Trinajstić information content (AvgIpc) is 2.99. The molecule has 0 bridgehead atoms. The van der Waals surface area contributed by atoms with Gasteiger partial charge in [0.25, 0.3) is 0 Å². The van der Waals surface area contributed by atoms with Crippen LogP contribution in [0.4, 0.5) is 0 Å². The van der Waals surface area contributed by atoms with Crippen molar-refractivity contribution >= 4 is 5.91 Å². The van der Waals surface area contributed by atoms with E-state index < -0.39 is 0 Å². The molecule has 1 amide bonds. The minimum Gasteiger partial charge on any atom is -0.497 e. The quantitative estimate of drug-likeness (QED) is 0.846. The number of methoxy groups -OCH3 is 1. The fraction of sp³-hybridized carbons (Fsp3) is 0.588. The second-order valence-corrected chi connectivity index (χ2v) is 6.05. The van der Waals surface area contributed by atoms with E-state index in [1.165, 1.54) is 36.8 Å². The number of carbonyl (C=O) groups excluding carboxylic acids is 1.